The van der Waals surface area contributed by atoms with E-state index < -0.39 is 24.7 Å². The summed E-state index contributed by atoms with van der Waals surface area (Å²) < 4.78 is 35.7. The Morgan fingerprint density at radius 2 is 1.84 bits per heavy atom. The molecule has 0 aromatic rings. The number of amides is 1. The maximum atomic E-state index is 11.9. The molecular formula is C12H24F3N3O. The predicted octanol–water partition coefficient (Wildman–Crippen LogP) is 1.37. The van der Waals surface area contributed by atoms with Crippen molar-refractivity contribution in [2.75, 3.05) is 32.7 Å². The van der Waals surface area contributed by atoms with E-state index in [0.717, 1.165) is 26.1 Å². The predicted molar refractivity (Wildman–Crippen MR) is 68.9 cm³/mol. The molecule has 0 aromatic heterocycles. The van der Waals surface area contributed by atoms with Crippen LogP contribution in [0.25, 0.3) is 0 Å². The van der Waals surface area contributed by atoms with Crippen molar-refractivity contribution in [3.63, 3.8) is 0 Å². The van der Waals surface area contributed by atoms with Gasteiger partial charge < -0.3 is 15.5 Å². The number of hydrogen-bond acceptors (Lipinski definition) is 3. The summed E-state index contributed by atoms with van der Waals surface area (Å²) in [6.07, 6.45) is -3.50. The van der Waals surface area contributed by atoms with Gasteiger partial charge in [0.05, 0.1) is 6.04 Å². The molecule has 19 heavy (non-hydrogen) atoms. The number of rotatable bonds is 9. The maximum absolute atomic E-state index is 11.9. The van der Waals surface area contributed by atoms with Gasteiger partial charge in [-0.3, -0.25) is 4.79 Å². The van der Waals surface area contributed by atoms with Crippen LogP contribution in [0, 0.1) is 0 Å². The molecule has 0 saturated carbocycles. The first-order chi connectivity index (χ1) is 8.80. The normalized spacial score (nSPS) is 13.6. The van der Waals surface area contributed by atoms with Crippen molar-refractivity contribution < 1.29 is 18.0 Å². The minimum Gasteiger partial charge on any atom is -0.346 e. The Hall–Kier alpha value is -0.820. The molecule has 1 atom stereocenters. The summed E-state index contributed by atoms with van der Waals surface area (Å²) in [5.41, 5.74) is 0. The topological polar surface area (TPSA) is 44.4 Å². The standard InChI is InChI=1S/C12H24F3N3O/c1-4-18(5-2)8-6-7-16-10(3)11(19)17-9-12(13,14)15/h10,16H,4-9H2,1-3H3,(H,17,19). The van der Waals surface area contributed by atoms with E-state index in [9.17, 15) is 18.0 Å². The lowest BCUT2D eigenvalue weighted by atomic mass is 10.3. The van der Waals surface area contributed by atoms with Gasteiger partial charge in [0.1, 0.15) is 6.54 Å². The number of nitrogens with zero attached hydrogens (tertiary/aromatic N) is 1. The Balaban J connectivity index is 3.73. The number of hydrogen-bond donors (Lipinski definition) is 2. The maximum Gasteiger partial charge on any atom is 0.405 e. The van der Waals surface area contributed by atoms with Gasteiger partial charge >= 0.3 is 6.18 Å². The van der Waals surface area contributed by atoms with Crippen LogP contribution in [0.2, 0.25) is 0 Å². The monoisotopic (exact) mass is 283 g/mol. The van der Waals surface area contributed by atoms with Crippen molar-refractivity contribution >= 4 is 5.91 Å². The van der Waals surface area contributed by atoms with E-state index in [1.54, 1.807) is 6.92 Å². The van der Waals surface area contributed by atoms with Gasteiger partial charge in [-0.15, -0.1) is 0 Å². The number of carbonyl (C=O) groups is 1. The largest absolute Gasteiger partial charge is 0.405 e. The second kappa shape index (κ2) is 9.14. The molecule has 0 saturated heterocycles. The van der Waals surface area contributed by atoms with Crippen LogP contribution in [-0.4, -0.2) is 55.7 Å². The van der Waals surface area contributed by atoms with Crippen molar-refractivity contribution in [2.24, 2.45) is 0 Å². The van der Waals surface area contributed by atoms with Gasteiger partial charge in [-0.1, -0.05) is 13.8 Å². The highest BCUT2D eigenvalue weighted by Gasteiger charge is 2.28. The third kappa shape index (κ3) is 9.72. The molecule has 1 unspecified atom stereocenters. The molecule has 0 rings (SSSR count). The molecule has 0 aliphatic heterocycles. The zero-order valence-corrected chi connectivity index (χ0v) is 11.8. The zero-order valence-electron chi connectivity index (χ0n) is 11.8. The number of alkyl halides is 3. The zero-order chi connectivity index (χ0) is 14.9. The fourth-order valence-corrected chi connectivity index (χ4v) is 1.59. The van der Waals surface area contributed by atoms with Crippen LogP contribution in [0.3, 0.4) is 0 Å². The summed E-state index contributed by atoms with van der Waals surface area (Å²) in [4.78, 5) is 13.6. The highest BCUT2D eigenvalue weighted by Crippen LogP contribution is 2.12. The van der Waals surface area contributed by atoms with E-state index >= 15 is 0 Å². The lowest BCUT2D eigenvalue weighted by molar-refractivity contribution is -0.139. The smallest absolute Gasteiger partial charge is 0.346 e. The Morgan fingerprint density at radius 3 is 2.32 bits per heavy atom. The number of carbonyl (C=O) groups excluding carboxylic acids is 1. The molecule has 114 valence electrons. The molecule has 4 nitrogen and oxygen atoms in total. The molecule has 0 heterocycles. The van der Waals surface area contributed by atoms with Crippen LogP contribution in [0.1, 0.15) is 27.2 Å². The van der Waals surface area contributed by atoms with Gasteiger partial charge in [0, 0.05) is 0 Å². The average molecular weight is 283 g/mol. The van der Waals surface area contributed by atoms with Gasteiger partial charge in [0.25, 0.3) is 0 Å². The average Bonchev–Trinajstić information content (AvgIpc) is 2.35. The summed E-state index contributed by atoms with van der Waals surface area (Å²) in [7, 11) is 0. The summed E-state index contributed by atoms with van der Waals surface area (Å²) in [5.74, 6) is -0.625. The molecule has 0 aromatic carbocycles. The van der Waals surface area contributed by atoms with Crippen LogP contribution in [0.15, 0.2) is 0 Å². The Kier molecular flexibility index (Phi) is 8.75. The first kappa shape index (κ1) is 18.2. The highest BCUT2D eigenvalue weighted by atomic mass is 19.4. The first-order valence-electron chi connectivity index (χ1n) is 6.60. The number of halogens is 3. The van der Waals surface area contributed by atoms with E-state index in [2.05, 4.69) is 24.1 Å². The van der Waals surface area contributed by atoms with Crippen LogP contribution >= 0.6 is 0 Å². The van der Waals surface area contributed by atoms with Gasteiger partial charge in [0.15, 0.2) is 0 Å². The number of nitrogens with one attached hydrogen (secondary N) is 2. The second-order valence-electron chi connectivity index (χ2n) is 4.39. The van der Waals surface area contributed by atoms with Crippen molar-refractivity contribution in [3.8, 4) is 0 Å². The minimum atomic E-state index is -4.36. The highest BCUT2D eigenvalue weighted by molar-refractivity contribution is 5.81. The molecule has 7 heteroatoms. The van der Waals surface area contributed by atoms with E-state index in [1.807, 2.05) is 5.32 Å². The third-order valence-corrected chi connectivity index (χ3v) is 2.85. The molecule has 0 fully saturated rings. The molecule has 2 N–H and O–H groups in total. The second-order valence-corrected chi connectivity index (χ2v) is 4.39. The molecule has 1 amide bonds. The SMILES string of the molecule is CCN(CC)CCCNC(C)C(=O)NCC(F)(F)F. The van der Waals surface area contributed by atoms with Crippen LogP contribution in [-0.2, 0) is 4.79 Å². The molecule has 0 bridgehead atoms. The van der Waals surface area contributed by atoms with Crippen molar-refractivity contribution in [1.82, 2.24) is 15.5 Å². The fraction of sp³-hybridized carbons (Fsp3) is 0.917. The van der Waals surface area contributed by atoms with Gasteiger partial charge in [0.2, 0.25) is 5.91 Å². The van der Waals surface area contributed by atoms with Crippen LogP contribution < -0.4 is 10.6 Å². The molecule has 0 aliphatic rings. The molecular weight excluding hydrogens is 259 g/mol. The van der Waals surface area contributed by atoms with E-state index in [-0.39, 0.29) is 0 Å². The van der Waals surface area contributed by atoms with Gasteiger partial charge in [-0.05, 0) is 39.5 Å². The van der Waals surface area contributed by atoms with Gasteiger partial charge in [-0.2, -0.15) is 13.2 Å². The molecule has 0 aliphatic carbocycles. The first-order valence-corrected chi connectivity index (χ1v) is 6.60. The van der Waals surface area contributed by atoms with Crippen LogP contribution in [0.4, 0.5) is 13.2 Å². The Morgan fingerprint density at radius 1 is 1.26 bits per heavy atom. The van der Waals surface area contributed by atoms with Crippen molar-refractivity contribution in [1.29, 1.82) is 0 Å². The van der Waals surface area contributed by atoms with Crippen molar-refractivity contribution in [2.45, 2.75) is 39.4 Å². The quantitative estimate of drug-likeness (QED) is 0.628. The lowest BCUT2D eigenvalue weighted by Crippen LogP contribution is -2.45. The molecule has 0 spiro atoms. The van der Waals surface area contributed by atoms with Crippen molar-refractivity contribution in [3.05, 3.63) is 0 Å². The fourth-order valence-electron chi connectivity index (χ4n) is 1.59. The minimum absolute atomic E-state index is 0.608. The Bertz CT molecular complexity index is 255. The lowest BCUT2D eigenvalue weighted by Gasteiger charge is -2.19. The Labute approximate surface area is 112 Å². The van der Waals surface area contributed by atoms with E-state index in [0.29, 0.717) is 6.54 Å². The van der Waals surface area contributed by atoms with Gasteiger partial charge in [-0.25, -0.2) is 0 Å². The summed E-state index contributed by atoms with van der Waals surface area (Å²) >= 11 is 0. The van der Waals surface area contributed by atoms with E-state index in [4.69, 9.17) is 0 Å². The molecule has 0 radical (unpaired) electrons. The summed E-state index contributed by atoms with van der Waals surface area (Å²) in [6.45, 7) is 7.89. The third-order valence-electron chi connectivity index (χ3n) is 2.85. The van der Waals surface area contributed by atoms with Crippen LogP contribution in [0.5, 0.6) is 0 Å². The summed E-state index contributed by atoms with van der Waals surface area (Å²) in [6, 6.07) is -0.612. The van der Waals surface area contributed by atoms with E-state index in [1.165, 1.54) is 0 Å². The summed E-state index contributed by atoms with van der Waals surface area (Å²) in [5, 5.41) is 4.77.